The molecule has 2 aromatic heterocycles. The summed E-state index contributed by atoms with van der Waals surface area (Å²) in [5.74, 6) is 0.446. The molecule has 3 aromatic rings. The van der Waals surface area contributed by atoms with Gasteiger partial charge in [-0.2, -0.15) is 0 Å². The Morgan fingerprint density at radius 3 is 2.88 bits per heavy atom. The van der Waals surface area contributed by atoms with E-state index in [1.165, 1.54) is 11.5 Å². The van der Waals surface area contributed by atoms with Crippen molar-refractivity contribution in [3.8, 4) is 0 Å². The maximum Gasteiger partial charge on any atom is 0.296 e. The molecule has 24 heavy (non-hydrogen) atoms. The summed E-state index contributed by atoms with van der Waals surface area (Å²) in [7, 11) is 0. The Kier molecular flexibility index (Phi) is 4.84. The molecule has 0 radical (unpaired) electrons. The Bertz CT molecular complexity index is 898. The Balaban J connectivity index is 1.71. The number of anilines is 1. The van der Waals surface area contributed by atoms with Gasteiger partial charge in [0, 0.05) is 36.0 Å². The van der Waals surface area contributed by atoms with E-state index in [4.69, 9.17) is 32.9 Å². The normalized spacial score (nSPS) is 10.8. The van der Waals surface area contributed by atoms with Crippen LogP contribution < -0.4 is 10.8 Å². The SMILES string of the molecule is O=C(NO)c1cc(CCNc2nccc3c(Cl)c(Cl)ccc23)on1. The number of carbonyl (C=O) groups is 1. The summed E-state index contributed by atoms with van der Waals surface area (Å²) in [6, 6.07) is 6.82. The summed E-state index contributed by atoms with van der Waals surface area (Å²) < 4.78 is 5.03. The van der Waals surface area contributed by atoms with E-state index in [-0.39, 0.29) is 5.69 Å². The zero-order chi connectivity index (χ0) is 17.1. The molecule has 3 rings (SSSR count). The van der Waals surface area contributed by atoms with Crippen LogP contribution >= 0.6 is 23.2 Å². The summed E-state index contributed by atoms with van der Waals surface area (Å²) in [6.07, 6.45) is 2.12. The number of nitrogens with zero attached hydrogens (tertiary/aromatic N) is 2. The van der Waals surface area contributed by atoms with Crippen LogP contribution in [0.3, 0.4) is 0 Å². The zero-order valence-electron chi connectivity index (χ0n) is 12.2. The third-order valence-electron chi connectivity index (χ3n) is 3.39. The lowest BCUT2D eigenvalue weighted by molar-refractivity contribution is 0.0696. The Morgan fingerprint density at radius 2 is 2.08 bits per heavy atom. The van der Waals surface area contributed by atoms with Gasteiger partial charge >= 0.3 is 0 Å². The van der Waals surface area contributed by atoms with Crippen LogP contribution in [0.15, 0.2) is 35.0 Å². The van der Waals surface area contributed by atoms with Gasteiger partial charge in [0.1, 0.15) is 11.6 Å². The van der Waals surface area contributed by atoms with Crippen molar-refractivity contribution in [2.24, 2.45) is 0 Å². The quantitative estimate of drug-likeness (QED) is 0.473. The van der Waals surface area contributed by atoms with Gasteiger partial charge in [-0.1, -0.05) is 28.4 Å². The fourth-order valence-electron chi connectivity index (χ4n) is 2.23. The molecule has 0 saturated heterocycles. The van der Waals surface area contributed by atoms with Crippen LogP contribution in [0, 0.1) is 0 Å². The highest BCUT2D eigenvalue weighted by Crippen LogP contribution is 2.33. The summed E-state index contributed by atoms with van der Waals surface area (Å²) in [4.78, 5) is 15.5. The number of fused-ring (bicyclic) bond motifs is 1. The molecule has 1 amide bonds. The highest BCUT2D eigenvalue weighted by Gasteiger charge is 2.12. The number of hydrogen-bond acceptors (Lipinski definition) is 6. The lowest BCUT2D eigenvalue weighted by Gasteiger charge is -2.09. The third-order valence-corrected chi connectivity index (χ3v) is 4.21. The largest absolute Gasteiger partial charge is 0.369 e. The molecule has 0 bridgehead atoms. The number of benzene rings is 1. The first kappa shape index (κ1) is 16.5. The van der Waals surface area contributed by atoms with Crippen molar-refractivity contribution in [1.82, 2.24) is 15.6 Å². The predicted octanol–water partition coefficient (Wildman–Crippen LogP) is 3.30. The average molecular weight is 367 g/mol. The first-order valence-electron chi connectivity index (χ1n) is 6.96. The predicted molar refractivity (Wildman–Crippen MR) is 89.7 cm³/mol. The van der Waals surface area contributed by atoms with Crippen LogP contribution in [0.2, 0.25) is 10.0 Å². The molecule has 124 valence electrons. The minimum atomic E-state index is -0.722. The number of hydroxylamine groups is 1. The van der Waals surface area contributed by atoms with Crippen LogP contribution in [-0.2, 0) is 6.42 Å². The van der Waals surface area contributed by atoms with Crippen LogP contribution in [0.1, 0.15) is 16.2 Å². The monoisotopic (exact) mass is 366 g/mol. The maximum atomic E-state index is 11.2. The molecule has 0 saturated carbocycles. The van der Waals surface area contributed by atoms with Gasteiger partial charge in [0.05, 0.1) is 10.0 Å². The topological polar surface area (TPSA) is 100 Å². The molecule has 0 fully saturated rings. The molecule has 3 N–H and O–H groups in total. The summed E-state index contributed by atoms with van der Waals surface area (Å²) in [6.45, 7) is 0.502. The standard InChI is InChI=1S/C15H12Cl2N4O3/c16-11-2-1-10-9(13(11)17)4-6-19-14(10)18-5-3-8-7-12(21-24-8)15(22)20-23/h1-2,4,6-7,23H,3,5H2,(H,18,19)(H,20,22). The van der Waals surface area contributed by atoms with E-state index in [2.05, 4.69) is 15.5 Å². The van der Waals surface area contributed by atoms with E-state index < -0.39 is 5.91 Å². The summed E-state index contributed by atoms with van der Waals surface area (Å²) >= 11 is 12.2. The third kappa shape index (κ3) is 3.28. The fourth-order valence-corrected chi connectivity index (χ4v) is 2.62. The van der Waals surface area contributed by atoms with E-state index in [9.17, 15) is 4.79 Å². The number of amides is 1. The van der Waals surface area contributed by atoms with E-state index in [0.717, 1.165) is 10.8 Å². The molecule has 0 unspecified atom stereocenters. The van der Waals surface area contributed by atoms with Crippen LogP contribution in [-0.4, -0.2) is 27.8 Å². The molecule has 2 heterocycles. The van der Waals surface area contributed by atoms with E-state index in [0.29, 0.717) is 34.6 Å². The first-order chi connectivity index (χ1) is 11.6. The Labute approximate surface area is 146 Å². The second kappa shape index (κ2) is 7.04. The summed E-state index contributed by atoms with van der Waals surface area (Å²) in [5, 5.41) is 17.9. The van der Waals surface area contributed by atoms with Gasteiger partial charge in [0.15, 0.2) is 5.69 Å². The van der Waals surface area contributed by atoms with Crippen LogP contribution in [0.4, 0.5) is 5.82 Å². The average Bonchev–Trinajstić information content (AvgIpc) is 3.06. The number of carbonyl (C=O) groups excluding carboxylic acids is 1. The Hall–Kier alpha value is -2.35. The van der Waals surface area contributed by atoms with Gasteiger partial charge in [-0.15, -0.1) is 0 Å². The smallest absolute Gasteiger partial charge is 0.296 e. The van der Waals surface area contributed by atoms with Gasteiger partial charge in [0.25, 0.3) is 5.91 Å². The zero-order valence-corrected chi connectivity index (χ0v) is 13.7. The van der Waals surface area contributed by atoms with E-state index in [1.54, 1.807) is 18.3 Å². The van der Waals surface area contributed by atoms with E-state index in [1.807, 2.05) is 6.07 Å². The maximum absolute atomic E-state index is 11.2. The van der Waals surface area contributed by atoms with E-state index >= 15 is 0 Å². The van der Waals surface area contributed by atoms with Gasteiger partial charge in [-0.05, 0) is 18.2 Å². The molecule has 0 aliphatic heterocycles. The molecule has 0 atom stereocenters. The molecule has 0 aliphatic carbocycles. The number of pyridine rings is 1. The van der Waals surface area contributed by atoms with Gasteiger partial charge in [-0.3, -0.25) is 10.0 Å². The van der Waals surface area contributed by atoms with Gasteiger partial charge in [-0.25, -0.2) is 10.5 Å². The highest BCUT2D eigenvalue weighted by molar-refractivity contribution is 6.45. The minimum absolute atomic E-state index is 0.0113. The lowest BCUT2D eigenvalue weighted by atomic mass is 10.1. The molecular formula is C15H12Cl2N4O3. The number of nitrogens with one attached hydrogen (secondary N) is 2. The second-order valence-corrected chi connectivity index (χ2v) is 5.70. The Morgan fingerprint density at radius 1 is 1.25 bits per heavy atom. The molecular weight excluding hydrogens is 355 g/mol. The number of rotatable bonds is 5. The first-order valence-corrected chi connectivity index (χ1v) is 7.72. The number of hydrogen-bond donors (Lipinski definition) is 3. The second-order valence-electron chi connectivity index (χ2n) is 4.91. The van der Waals surface area contributed by atoms with Crippen molar-refractivity contribution in [3.05, 3.63) is 52.0 Å². The number of aromatic nitrogens is 2. The highest BCUT2D eigenvalue weighted by atomic mass is 35.5. The lowest BCUT2D eigenvalue weighted by Crippen LogP contribution is -2.18. The summed E-state index contributed by atoms with van der Waals surface area (Å²) in [5.41, 5.74) is 1.51. The fraction of sp³-hybridized carbons (Fsp3) is 0.133. The van der Waals surface area contributed by atoms with Crippen molar-refractivity contribution >= 4 is 45.7 Å². The van der Waals surface area contributed by atoms with Crippen molar-refractivity contribution < 1.29 is 14.5 Å². The molecule has 0 aliphatic rings. The minimum Gasteiger partial charge on any atom is -0.369 e. The van der Waals surface area contributed by atoms with Crippen molar-refractivity contribution in [2.45, 2.75) is 6.42 Å². The van der Waals surface area contributed by atoms with Gasteiger partial charge < -0.3 is 9.84 Å². The molecule has 9 heteroatoms. The van der Waals surface area contributed by atoms with Gasteiger partial charge in [0.2, 0.25) is 0 Å². The molecule has 1 aromatic carbocycles. The van der Waals surface area contributed by atoms with Crippen molar-refractivity contribution in [3.63, 3.8) is 0 Å². The molecule has 0 spiro atoms. The van der Waals surface area contributed by atoms with Crippen LogP contribution in [0.25, 0.3) is 10.8 Å². The van der Waals surface area contributed by atoms with Crippen molar-refractivity contribution in [2.75, 3.05) is 11.9 Å². The van der Waals surface area contributed by atoms with Crippen LogP contribution in [0.5, 0.6) is 0 Å². The van der Waals surface area contributed by atoms with Crippen molar-refractivity contribution in [1.29, 1.82) is 0 Å². The number of halogens is 2. The molecule has 7 nitrogen and oxygen atoms in total.